The van der Waals surface area contributed by atoms with Gasteiger partial charge < -0.3 is 15.0 Å². The number of nitrogens with zero attached hydrogens (tertiary/aromatic N) is 2. The number of hydrogen-bond acceptors (Lipinski definition) is 5. The number of fused-ring (bicyclic) bond motifs is 1. The fourth-order valence-corrected chi connectivity index (χ4v) is 3.62. The van der Waals surface area contributed by atoms with Crippen molar-refractivity contribution >= 4 is 27.5 Å². The van der Waals surface area contributed by atoms with Crippen LogP contribution >= 0.6 is 11.3 Å². The normalized spacial score (nSPS) is 13.3. The van der Waals surface area contributed by atoms with Crippen molar-refractivity contribution in [3.05, 3.63) is 27.1 Å². The Morgan fingerprint density at radius 1 is 1.48 bits per heavy atom. The van der Waals surface area contributed by atoms with E-state index in [1.54, 1.807) is 14.0 Å². The summed E-state index contributed by atoms with van der Waals surface area (Å²) < 4.78 is 1.40. The van der Waals surface area contributed by atoms with Crippen molar-refractivity contribution in [2.24, 2.45) is 12.5 Å². The predicted octanol–water partition coefficient (Wildman–Crippen LogP) is 1.83. The van der Waals surface area contributed by atoms with E-state index in [1.165, 1.54) is 22.2 Å². The molecule has 0 aliphatic carbocycles. The number of amides is 1. The number of aliphatic hydroxyl groups excluding tert-OH is 1. The molecule has 2 heterocycles. The van der Waals surface area contributed by atoms with Gasteiger partial charge in [-0.2, -0.15) is 0 Å². The average Bonchev–Trinajstić information content (AvgIpc) is 2.78. The van der Waals surface area contributed by atoms with E-state index in [1.807, 2.05) is 0 Å². The summed E-state index contributed by atoms with van der Waals surface area (Å²) in [5.74, 6) is -0.268. The van der Waals surface area contributed by atoms with E-state index in [9.17, 15) is 14.7 Å². The predicted molar refractivity (Wildman–Crippen MR) is 92.0 cm³/mol. The zero-order valence-electron chi connectivity index (χ0n) is 14.1. The van der Waals surface area contributed by atoms with Crippen LogP contribution in [0.4, 0.5) is 0 Å². The summed E-state index contributed by atoms with van der Waals surface area (Å²) in [6.07, 6.45) is 2.12. The van der Waals surface area contributed by atoms with Crippen LogP contribution in [0, 0.1) is 12.3 Å². The maximum atomic E-state index is 12.5. The van der Waals surface area contributed by atoms with E-state index < -0.39 is 0 Å². The van der Waals surface area contributed by atoms with Gasteiger partial charge in [0.15, 0.2) is 0 Å². The molecule has 2 N–H and O–H groups in total. The highest BCUT2D eigenvalue weighted by Gasteiger charge is 2.23. The number of aryl methyl sites for hydroxylation is 2. The van der Waals surface area contributed by atoms with Crippen LogP contribution in [0.15, 0.2) is 11.1 Å². The molecular weight excluding hydrogens is 314 g/mol. The Balaban J connectivity index is 2.33. The van der Waals surface area contributed by atoms with Crippen molar-refractivity contribution in [2.45, 2.75) is 40.2 Å². The quantitative estimate of drug-likeness (QED) is 0.891. The molecule has 1 amide bonds. The van der Waals surface area contributed by atoms with Gasteiger partial charge in [0.05, 0.1) is 29.2 Å². The van der Waals surface area contributed by atoms with Crippen LogP contribution in [0.25, 0.3) is 10.2 Å². The summed E-state index contributed by atoms with van der Waals surface area (Å²) in [7, 11) is 1.64. The SMILES string of the molecule is Cc1c(C(=O)NC(CO)CC(C)(C)C)sc2ncn(C)c(=O)c12. The summed E-state index contributed by atoms with van der Waals surface area (Å²) in [5, 5.41) is 12.8. The van der Waals surface area contributed by atoms with E-state index in [0.717, 1.165) is 0 Å². The fourth-order valence-electron chi connectivity index (χ4n) is 2.58. The molecule has 1 atom stereocenters. The van der Waals surface area contributed by atoms with Gasteiger partial charge in [-0.15, -0.1) is 11.3 Å². The van der Waals surface area contributed by atoms with E-state index in [2.05, 4.69) is 31.1 Å². The van der Waals surface area contributed by atoms with Crippen molar-refractivity contribution in [3.63, 3.8) is 0 Å². The first-order chi connectivity index (χ1) is 10.6. The number of carbonyl (C=O) groups excluding carboxylic acids is 1. The van der Waals surface area contributed by atoms with Gasteiger partial charge in [-0.3, -0.25) is 9.59 Å². The van der Waals surface area contributed by atoms with E-state index >= 15 is 0 Å². The largest absolute Gasteiger partial charge is 0.394 e. The molecule has 0 aliphatic rings. The minimum Gasteiger partial charge on any atom is -0.394 e. The lowest BCUT2D eigenvalue weighted by Crippen LogP contribution is -2.40. The Hall–Kier alpha value is -1.73. The van der Waals surface area contributed by atoms with Crippen molar-refractivity contribution < 1.29 is 9.90 Å². The zero-order chi connectivity index (χ0) is 17.4. The summed E-state index contributed by atoms with van der Waals surface area (Å²) in [5.41, 5.74) is 0.479. The first-order valence-corrected chi connectivity index (χ1v) is 8.32. The molecule has 0 saturated carbocycles. The highest BCUT2D eigenvalue weighted by atomic mass is 32.1. The Labute approximate surface area is 139 Å². The number of aromatic nitrogens is 2. The third-order valence-corrected chi connectivity index (χ3v) is 4.83. The Morgan fingerprint density at radius 2 is 2.13 bits per heavy atom. The highest BCUT2D eigenvalue weighted by molar-refractivity contribution is 7.20. The van der Waals surface area contributed by atoms with E-state index in [-0.39, 0.29) is 29.5 Å². The topological polar surface area (TPSA) is 84.2 Å². The van der Waals surface area contributed by atoms with Gasteiger partial charge in [-0.1, -0.05) is 20.8 Å². The Bertz CT molecular complexity index is 786. The fraction of sp³-hybridized carbons (Fsp3) is 0.562. The zero-order valence-corrected chi connectivity index (χ0v) is 15.0. The number of thiophene rings is 1. The molecule has 0 spiro atoms. The molecule has 23 heavy (non-hydrogen) atoms. The van der Waals surface area contributed by atoms with Gasteiger partial charge in [-0.25, -0.2) is 4.98 Å². The first-order valence-electron chi connectivity index (χ1n) is 7.50. The second-order valence-electron chi connectivity index (χ2n) is 7.01. The maximum absolute atomic E-state index is 12.5. The van der Waals surface area contributed by atoms with Crippen LogP contribution in [0.3, 0.4) is 0 Å². The lowest BCUT2D eigenvalue weighted by molar-refractivity contribution is 0.0901. The Morgan fingerprint density at radius 3 is 2.70 bits per heavy atom. The van der Waals surface area contributed by atoms with Gasteiger partial charge in [0.2, 0.25) is 0 Å². The van der Waals surface area contributed by atoms with Crippen LogP contribution in [-0.4, -0.2) is 33.2 Å². The summed E-state index contributed by atoms with van der Waals surface area (Å²) >= 11 is 1.21. The molecule has 7 heteroatoms. The number of carbonyl (C=O) groups is 1. The molecule has 0 fully saturated rings. The number of aliphatic hydroxyl groups is 1. The van der Waals surface area contributed by atoms with Crippen LogP contribution in [0.5, 0.6) is 0 Å². The smallest absolute Gasteiger partial charge is 0.262 e. The molecule has 2 aromatic heterocycles. The molecule has 1 unspecified atom stereocenters. The average molecular weight is 337 g/mol. The van der Waals surface area contributed by atoms with Crippen molar-refractivity contribution in [1.82, 2.24) is 14.9 Å². The van der Waals surface area contributed by atoms with Crippen molar-refractivity contribution in [1.29, 1.82) is 0 Å². The van der Waals surface area contributed by atoms with Gasteiger partial charge in [-0.05, 0) is 24.3 Å². The maximum Gasteiger partial charge on any atom is 0.262 e. The summed E-state index contributed by atoms with van der Waals surface area (Å²) in [6, 6.07) is -0.317. The Kier molecular flexibility index (Phi) is 4.91. The van der Waals surface area contributed by atoms with Crippen LogP contribution < -0.4 is 10.9 Å². The molecule has 126 valence electrons. The highest BCUT2D eigenvalue weighted by Crippen LogP contribution is 2.27. The molecule has 0 radical (unpaired) electrons. The van der Waals surface area contributed by atoms with E-state index in [0.29, 0.717) is 27.1 Å². The second-order valence-corrected chi connectivity index (χ2v) is 8.01. The van der Waals surface area contributed by atoms with Crippen LogP contribution in [0.2, 0.25) is 0 Å². The van der Waals surface area contributed by atoms with Gasteiger partial charge in [0, 0.05) is 7.05 Å². The third-order valence-electron chi connectivity index (χ3n) is 3.63. The minimum atomic E-state index is -0.317. The third kappa shape index (κ3) is 3.79. The molecule has 0 aromatic carbocycles. The number of nitrogens with one attached hydrogen (secondary N) is 1. The van der Waals surface area contributed by atoms with Crippen molar-refractivity contribution in [3.8, 4) is 0 Å². The molecule has 2 rings (SSSR count). The molecule has 2 aromatic rings. The number of rotatable bonds is 4. The monoisotopic (exact) mass is 337 g/mol. The minimum absolute atomic E-state index is 0.00657. The second kappa shape index (κ2) is 6.41. The summed E-state index contributed by atoms with van der Waals surface area (Å²) in [4.78, 5) is 30.0. The molecule has 0 bridgehead atoms. The van der Waals surface area contributed by atoms with Crippen LogP contribution in [0.1, 0.15) is 42.4 Å². The van der Waals surface area contributed by atoms with Gasteiger partial charge in [0.1, 0.15) is 4.83 Å². The molecule has 0 aliphatic heterocycles. The molecule has 0 saturated heterocycles. The standard InChI is InChI=1S/C16H23N3O3S/c1-9-11-14(17-8-19(5)15(11)22)23-12(9)13(21)18-10(7-20)6-16(2,3)4/h8,10,20H,6-7H2,1-5H3,(H,18,21). The van der Waals surface area contributed by atoms with E-state index in [4.69, 9.17) is 0 Å². The van der Waals surface area contributed by atoms with Gasteiger partial charge >= 0.3 is 0 Å². The number of hydrogen-bond donors (Lipinski definition) is 2. The van der Waals surface area contributed by atoms with Crippen LogP contribution in [-0.2, 0) is 7.05 Å². The first kappa shape index (κ1) is 17.6. The van der Waals surface area contributed by atoms with Gasteiger partial charge in [0.25, 0.3) is 11.5 Å². The van der Waals surface area contributed by atoms with Crippen molar-refractivity contribution in [2.75, 3.05) is 6.61 Å². The molecule has 6 nitrogen and oxygen atoms in total. The summed E-state index contributed by atoms with van der Waals surface area (Å²) in [6.45, 7) is 7.81. The lowest BCUT2D eigenvalue weighted by atomic mass is 9.88. The lowest BCUT2D eigenvalue weighted by Gasteiger charge is -2.25. The molecular formula is C16H23N3O3S.